The summed E-state index contributed by atoms with van der Waals surface area (Å²) in [6.07, 6.45) is 4.77. The van der Waals surface area contributed by atoms with Crippen molar-refractivity contribution in [2.24, 2.45) is 11.8 Å². The second kappa shape index (κ2) is 10.2. The van der Waals surface area contributed by atoms with E-state index >= 15 is 0 Å². The summed E-state index contributed by atoms with van der Waals surface area (Å²) in [5.74, 6) is -1.10. The highest BCUT2D eigenvalue weighted by molar-refractivity contribution is 9.10. The average molecular weight is 379 g/mol. The normalized spacial score (nSPS) is 15.6. The molecule has 0 aliphatic carbocycles. The highest BCUT2D eigenvalue weighted by Crippen LogP contribution is 2.30. The fourth-order valence-corrected chi connectivity index (χ4v) is 3.08. The van der Waals surface area contributed by atoms with Gasteiger partial charge in [-0.2, -0.15) is 0 Å². The molecule has 0 heterocycles. The zero-order chi connectivity index (χ0) is 17.3. The molecular weight excluding hydrogens is 348 g/mol. The van der Waals surface area contributed by atoms with Crippen LogP contribution in [0.1, 0.15) is 73.1 Å². The van der Waals surface area contributed by atoms with Crippen LogP contribution >= 0.6 is 15.9 Å². The van der Waals surface area contributed by atoms with Gasteiger partial charge in [0, 0.05) is 0 Å². The first-order valence-electron chi connectivity index (χ1n) is 8.26. The fourth-order valence-electron chi connectivity index (χ4n) is 2.34. The van der Waals surface area contributed by atoms with Gasteiger partial charge < -0.3 is 9.84 Å². The molecule has 0 aromatic carbocycles. The average Bonchev–Trinajstić information content (AvgIpc) is 2.40. The van der Waals surface area contributed by atoms with Crippen LogP contribution in [-0.2, 0) is 14.3 Å². The summed E-state index contributed by atoms with van der Waals surface area (Å²) in [5, 5.41) is 9.36. The molecule has 0 aliphatic rings. The van der Waals surface area contributed by atoms with Gasteiger partial charge in [-0.05, 0) is 37.5 Å². The van der Waals surface area contributed by atoms with E-state index < -0.39 is 16.3 Å². The topological polar surface area (TPSA) is 63.6 Å². The van der Waals surface area contributed by atoms with Gasteiger partial charge in [0.1, 0.15) is 6.10 Å². The Morgan fingerprint density at radius 3 is 2.05 bits per heavy atom. The zero-order valence-electron chi connectivity index (χ0n) is 14.5. The Bertz CT molecular complexity index is 355. The van der Waals surface area contributed by atoms with Crippen LogP contribution in [-0.4, -0.2) is 27.5 Å². The predicted molar refractivity (Wildman–Crippen MR) is 92.2 cm³/mol. The number of carboxylic acid groups (broad SMARTS) is 1. The van der Waals surface area contributed by atoms with Crippen LogP contribution in [0.25, 0.3) is 0 Å². The Labute approximate surface area is 143 Å². The lowest BCUT2D eigenvalue weighted by atomic mass is 9.97. The van der Waals surface area contributed by atoms with E-state index in [1.807, 2.05) is 20.8 Å². The Kier molecular flexibility index (Phi) is 9.97. The molecule has 0 aliphatic heterocycles. The van der Waals surface area contributed by atoms with E-state index in [0.29, 0.717) is 12.3 Å². The summed E-state index contributed by atoms with van der Waals surface area (Å²) in [5.41, 5.74) is 0. The summed E-state index contributed by atoms with van der Waals surface area (Å²) in [4.78, 5) is 23.8. The molecule has 2 atom stereocenters. The second-order valence-electron chi connectivity index (χ2n) is 6.82. The molecule has 0 saturated heterocycles. The van der Waals surface area contributed by atoms with E-state index in [-0.39, 0.29) is 18.4 Å². The third kappa shape index (κ3) is 7.61. The van der Waals surface area contributed by atoms with Gasteiger partial charge in [-0.3, -0.25) is 4.79 Å². The molecule has 22 heavy (non-hydrogen) atoms. The first-order chi connectivity index (χ1) is 10.1. The predicted octanol–water partition coefficient (Wildman–Crippen LogP) is 4.79. The van der Waals surface area contributed by atoms with Gasteiger partial charge in [0.05, 0.1) is 0 Å². The molecule has 0 aromatic rings. The molecule has 1 N–H and O–H groups in total. The minimum atomic E-state index is -1.63. The van der Waals surface area contributed by atoms with E-state index in [2.05, 4.69) is 29.8 Å². The minimum Gasteiger partial charge on any atom is -0.480 e. The quantitative estimate of drug-likeness (QED) is 0.243. The number of rotatable bonds is 11. The molecule has 0 spiro atoms. The molecule has 0 amide bonds. The smallest absolute Gasteiger partial charge is 0.334 e. The van der Waals surface area contributed by atoms with E-state index in [1.54, 1.807) is 0 Å². The molecule has 5 heteroatoms. The van der Waals surface area contributed by atoms with Crippen molar-refractivity contribution in [3.05, 3.63) is 0 Å². The van der Waals surface area contributed by atoms with Crippen molar-refractivity contribution < 1.29 is 19.4 Å². The van der Waals surface area contributed by atoms with E-state index in [1.165, 1.54) is 0 Å². The molecule has 2 unspecified atom stereocenters. The number of carboxylic acids is 1. The van der Waals surface area contributed by atoms with Gasteiger partial charge in [-0.25, -0.2) is 4.79 Å². The fraction of sp³-hybridized carbons (Fsp3) is 0.882. The molecule has 0 saturated carbocycles. The molecule has 0 fully saturated rings. The molecular formula is C17H31BrO4. The van der Waals surface area contributed by atoms with E-state index in [0.717, 1.165) is 25.7 Å². The maximum absolute atomic E-state index is 12.3. The van der Waals surface area contributed by atoms with Gasteiger partial charge in [0.15, 0.2) is 0 Å². The number of halogens is 1. The lowest BCUT2D eigenvalue weighted by Crippen LogP contribution is -2.44. The molecule has 130 valence electrons. The third-order valence-electron chi connectivity index (χ3n) is 3.64. The van der Waals surface area contributed by atoms with Crippen LogP contribution in [0.15, 0.2) is 0 Å². The molecule has 0 rings (SSSR count). The number of carbonyl (C=O) groups excluding carboxylic acids is 1. The van der Waals surface area contributed by atoms with Crippen molar-refractivity contribution in [1.29, 1.82) is 0 Å². The lowest BCUT2D eigenvalue weighted by Gasteiger charge is -2.26. The van der Waals surface area contributed by atoms with Crippen molar-refractivity contribution in [3.8, 4) is 0 Å². The SMILES string of the molecule is CCC(CCCCC(C)C)OC(=O)C(Br)(CC(C)C)C(=O)O. The van der Waals surface area contributed by atoms with E-state index in [9.17, 15) is 14.7 Å². The van der Waals surface area contributed by atoms with Crippen molar-refractivity contribution >= 4 is 27.9 Å². The van der Waals surface area contributed by atoms with Gasteiger partial charge in [0.2, 0.25) is 4.32 Å². The number of ether oxygens (including phenoxy) is 1. The zero-order valence-corrected chi connectivity index (χ0v) is 16.1. The number of esters is 1. The maximum Gasteiger partial charge on any atom is 0.334 e. The molecule has 0 aromatic heterocycles. The van der Waals surface area contributed by atoms with Gasteiger partial charge >= 0.3 is 11.9 Å². The number of hydrogen-bond donors (Lipinski definition) is 1. The van der Waals surface area contributed by atoms with Crippen LogP contribution in [0.2, 0.25) is 0 Å². The standard InChI is InChI=1S/C17H31BrO4/c1-6-14(10-8-7-9-12(2)3)22-16(21)17(18,15(19)20)11-13(4)5/h12-14H,6-11H2,1-5H3,(H,19,20). The van der Waals surface area contributed by atoms with Gasteiger partial charge in [-0.15, -0.1) is 0 Å². The minimum absolute atomic E-state index is 0.0779. The highest BCUT2D eigenvalue weighted by Gasteiger charge is 2.46. The third-order valence-corrected chi connectivity index (χ3v) is 4.63. The number of aliphatic carboxylic acids is 1. The summed E-state index contributed by atoms with van der Waals surface area (Å²) in [6.45, 7) is 10.1. The number of carbonyl (C=O) groups is 2. The van der Waals surface area contributed by atoms with Gasteiger partial charge in [0.25, 0.3) is 0 Å². The Morgan fingerprint density at radius 1 is 1.09 bits per heavy atom. The lowest BCUT2D eigenvalue weighted by molar-refractivity contribution is -0.160. The number of unbranched alkanes of at least 4 members (excludes halogenated alkanes) is 1. The van der Waals surface area contributed by atoms with Gasteiger partial charge in [-0.1, -0.05) is 63.4 Å². The van der Waals surface area contributed by atoms with Crippen molar-refractivity contribution in [3.63, 3.8) is 0 Å². The molecule has 0 radical (unpaired) electrons. The maximum atomic E-state index is 12.3. The summed E-state index contributed by atoms with van der Waals surface area (Å²) >= 11 is 3.10. The largest absolute Gasteiger partial charge is 0.480 e. The van der Waals surface area contributed by atoms with Crippen molar-refractivity contribution in [2.45, 2.75) is 83.6 Å². The Morgan fingerprint density at radius 2 is 1.64 bits per heavy atom. The van der Waals surface area contributed by atoms with Crippen molar-refractivity contribution in [1.82, 2.24) is 0 Å². The van der Waals surface area contributed by atoms with Crippen LogP contribution in [0.3, 0.4) is 0 Å². The van der Waals surface area contributed by atoms with Crippen LogP contribution in [0.4, 0.5) is 0 Å². The number of hydrogen-bond acceptors (Lipinski definition) is 3. The monoisotopic (exact) mass is 378 g/mol. The summed E-state index contributed by atoms with van der Waals surface area (Å²) in [7, 11) is 0. The first-order valence-corrected chi connectivity index (χ1v) is 9.06. The summed E-state index contributed by atoms with van der Waals surface area (Å²) in [6, 6.07) is 0. The Balaban J connectivity index is 4.57. The molecule has 4 nitrogen and oxygen atoms in total. The van der Waals surface area contributed by atoms with Crippen LogP contribution < -0.4 is 0 Å². The second-order valence-corrected chi connectivity index (χ2v) is 8.17. The Hall–Kier alpha value is -0.580. The molecule has 0 bridgehead atoms. The first kappa shape index (κ1) is 21.4. The highest BCUT2D eigenvalue weighted by atomic mass is 79.9. The summed E-state index contributed by atoms with van der Waals surface area (Å²) < 4.78 is 3.83. The van der Waals surface area contributed by atoms with Crippen LogP contribution in [0, 0.1) is 11.8 Å². The van der Waals surface area contributed by atoms with E-state index in [4.69, 9.17) is 4.74 Å². The number of alkyl halides is 1. The van der Waals surface area contributed by atoms with Crippen LogP contribution in [0.5, 0.6) is 0 Å². The van der Waals surface area contributed by atoms with Crippen molar-refractivity contribution in [2.75, 3.05) is 0 Å².